The Morgan fingerprint density at radius 1 is 0.952 bits per heavy atom. The molecule has 2 aromatic rings. The van der Waals surface area contributed by atoms with Crippen LogP contribution in [0.15, 0.2) is 48.5 Å². The van der Waals surface area contributed by atoms with Gasteiger partial charge in [0.05, 0.1) is 0 Å². The third kappa shape index (κ3) is 4.33. The van der Waals surface area contributed by atoms with E-state index >= 15 is 0 Å². The standard InChI is InChI=1S/C19H24O2/c1-19(2,3)17-10-8-15(9-11-17)14-21-18-7-5-4-6-16(18)12-13-20/h4-11,20H,12-14H2,1-3H3. The van der Waals surface area contributed by atoms with Crippen LogP contribution in [0.4, 0.5) is 0 Å². The molecule has 112 valence electrons. The maximum absolute atomic E-state index is 9.08. The number of hydrogen-bond donors (Lipinski definition) is 1. The SMILES string of the molecule is CC(C)(C)c1ccc(COc2ccccc2CCO)cc1. The minimum atomic E-state index is 0.140. The van der Waals surface area contributed by atoms with Gasteiger partial charge in [-0.15, -0.1) is 0 Å². The van der Waals surface area contributed by atoms with E-state index in [9.17, 15) is 0 Å². The van der Waals surface area contributed by atoms with Crippen molar-refractivity contribution in [2.45, 2.75) is 39.2 Å². The van der Waals surface area contributed by atoms with E-state index in [1.807, 2.05) is 24.3 Å². The number of ether oxygens (including phenoxy) is 1. The van der Waals surface area contributed by atoms with Crippen LogP contribution < -0.4 is 4.74 Å². The van der Waals surface area contributed by atoms with Gasteiger partial charge in [-0.25, -0.2) is 0 Å². The summed E-state index contributed by atoms with van der Waals surface area (Å²) in [5, 5.41) is 9.08. The zero-order chi connectivity index (χ0) is 15.3. The van der Waals surface area contributed by atoms with Crippen LogP contribution in [0.2, 0.25) is 0 Å². The van der Waals surface area contributed by atoms with Crippen molar-refractivity contribution in [3.63, 3.8) is 0 Å². The van der Waals surface area contributed by atoms with Gasteiger partial charge < -0.3 is 9.84 Å². The Balaban J connectivity index is 2.03. The molecule has 0 aliphatic carbocycles. The van der Waals surface area contributed by atoms with E-state index in [4.69, 9.17) is 9.84 Å². The Labute approximate surface area is 127 Å². The zero-order valence-electron chi connectivity index (χ0n) is 13.1. The molecule has 2 rings (SSSR count). The van der Waals surface area contributed by atoms with Gasteiger partial charge in [-0.2, -0.15) is 0 Å². The van der Waals surface area contributed by atoms with E-state index in [1.165, 1.54) is 5.56 Å². The predicted molar refractivity (Wildman–Crippen MR) is 86.7 cm³/mol. The average Bonchev–Trinajstić information content (AvgIpc) is 2.46. The molecule has 2 nitrogen and oxygen atoms in total. The average molecular weight is 284 g/mol. The first-order valence-corrected chi connectivity index (χ1v) is 7.41. The summed E-state index contributed by atoms with van der Waals surface area (Å²) in [7, 11) is 0. The smallest absolute Gasteiger partial charge is 0.123 e. The van der Waals surface area contributed by atoms with Crippen LogP contribution in [0.5, 0.6) is 5.75 Å². The van der Waals surface area contributed by atoms with Crippen LogP contribution in [0, 0.1) is 0 Å². The molecular formula is C19H24O2. The topological polar surface area (TPSA) is 29.5 Å². The summed E-state index contributed by atoms with van der Waals surface area (Å²) >= 11 is 0. The van der Waals surface area contributed by atoms with Gasteiger partial charge in [0.15, 0.2) is 0 Å². The second kappa shape index (κ2) is 6.77. The van der Waals surface area contributed by atoms with E-state index in [1.54, 1.807) is 0 Å². The number of rotatable bonds is 5. The molecule has 0 aliphatic rings. The van der Waals surface area contributed by atoms with E-state index in [0.717, 1.165) is 16.9 Å². The lowest BCUT2D eigenvalue weighted by molar-refractivity contribution is 0.284. The van der Waals surface area contributed by atoms with Crippen LogP contribution in [0.3, 0.4) is 0 Å². The van der Waals surface area contributed by atoms with Gasteiger partial charge in [0.2, 0.25) is 0 Å². The van der Waals surface area contributed by atoms with Gasteiger partial charge in [-0.1, -0.05) is 63.2 Å². The maximum Gasteiger partial charge on any atom is 0.123 e. The summed E-state index contributed by atoms with van der Waals surface area (Å²) in [6.45, 7) is 7.32. The van der Waals surface area contributed by atoms with Crippen molar-refractivity contribution in [3.05, 3.63) is 65.2 Å². The summed E-state index contributed by atoms with van der Waals surface area (Å²) in [5.74, 6) is 0.853. The van der Waals surface area contributed by atoms with Crippen LogP contribution in [0.25, 0.3) is 0 Å². The number of hydrogen-bond acceptors (Lipinski definition) is 2. The Morgan fingerprint density at radius 2 is 1.62 bits per heavy atom. The fourth-order valence-corrected chi connectivity index (χ4v) is 2.23. The Kier molecular flexibility index (Phi) is 5.03. The van der Waals surface area contributed by atoms with Crippen LogP contribution >= 0.6 is 0 Å². The van der Waals surface area contributed by atoms with Crippen LogP contribution in [-0.2, 0) is 18.4 Å². The van der Waals surface area contributed by atoms with Crippen molar-refractivity contribution in [2.24, 2.45) is 0 Å². The maximum atomic E-state index is 9.08. The van der Waals surface area contributed by atoms with Gasteiger partial charge in [0.1, 0.15) is 12.4 Å². The predicted octanol–water partition coefficient (Wildman–Crippen LogP) is 4.10. The lowest BCUT2D eigenvalue weighted by atomic mass is 9.87. The monoisotopic (exact) mass is 284 g/mol. The Hall–Kier alpha value is -1.80. The zero-order valence-corrected chi connectivity index (χ0v) is 13.1. The molecule has 0 heterocycles. The minimum Gasteiger partial charge on any atom is -0.489 e. The van der Waals surface area contributed by atoms with Gasteiger partial charge >= 0.3 is 0 Å². The molecule has 0 bridgehead atoms. The summed E-state index contributed by atoms with van der Waals surface area (Å²) in [6, 6.07) is 16.4. The molecule has 0 saturated heterocycles. The molecule has 2 heteroatoms. The number of aliphatic hydroxyl groups excluding tert-OH is 1. The van der Waals surface area contributed by atoms with E-state index < -0.39 is 0 Å². The van der Waals surface area contributed by atoms with Crippen LogP contribution in [0.1, 0.15) is 37.5 Å². The van der Waals surface area contributed by atoms with E-state index in [2.05, 4.69) is 45.0 Å². The second-order valence-electron chi connectivity index (χ2n) is 6.32. The second-order valence-corrected chi connectivity index (χ2v) is 6.32. The minimum absolute atomic E-state index is 0.140. The lowest BCUT2D eigenvalue weighted by Gasteiger charge is -2.19. The molecule has 21 heavy (non-hydrogen) atoms. The molecule has 0 aliphatic heterocycles. The molecule has 0 aromatic heterocycles. The van der Waals surface area contributed by atoms with Crippen molar-refractivity contribution in [1.82, 2.24) is 0 Å². The molecule has 0 amide bonds. The number of benzene rings is 2. The highest BCUT2D eigenvalue weighted by Gasteiger charge is 2.12. The number of para-hydroxylation sites is 1. The Bertz CT molecular complexity index is 565. The van der Waals surface area contributed by atoms with Crippen LogP contribution in [-0.4, -0.2) is 11.7 Å². The summed E-state index contributed by atoms with van der Waals surface area (Å²) in [5.41, 5.74) is 3.70. The largest absolute Gasteiger partial charge is 0.489 e. The molecule has 0 unspecified atom stereocenters. The molecular weight excluding hydrogens is 260 g/mol. The van der Waals surface area contributed by atoms with Gasteiger partial charge in [0.25, 0.3) is 0 Å². The first kappa shape index (κ1) is 15.6. The Morgan fingerprint density at radius 3 is 2.24 bits per heavy atom. The fraction of sp³-hybridized carbons (Fsp3) is 0.368. The molecule has 0 spiro atoms. The highest BCUT2D eigenvalue weighted by atomic mass is 16.5. The summed E-state index contributed by atoms with van der Waals surface area (Å²) in [6.07, 6.45) is 0.624. The van der Waals surface area contributed by atoms with E-state index in [0.29, 0.717) is 13.0 Å². The first-order valence-electron chi connectivity index (χ1n) is 7.41. The van der Waals surface area contributed by atoms with Crippen molar-refractivity contribution in [3.8, 4) is 5.75 Å². The molecule has 2 aromatic carbocycles. The number of aliphatic hydroxyl groups is 1. The molecule has 1 N–H and O–H groups in total. The van der Waals surface area contributed by atoms with Crippen molar-refractivity contribution in [2.75, 3.05) is 6.61 Å². The van der Waals surface area contributed by atoms with E-state index in [-0.39, 0.29) is 12.0 Å². The van der Waals surface area contributed by atoms with Crippen molar-refractivity contribution < 1.29 is 9.84 Å². The first-order chi connectivity index (χ1) is 10.0. The molecule has 0 atom stereocenters. The molecule has 0 fully saturated rings. The van der Waals surface area contributed by atoms with Crippen molar-refractivity contribution in [1.29, 1.82) is 0 Å². The quantitative estimate of drug-likeness (QED) is 0.895. The third-order valence-corrected chi connectivity index (χ3v) is 3.57. The third-order valence-electron chi connectivity index (χ3n) is 3.57. The van der Waals surface area contributed by atoms with Gasteiger partial charge in [0, 0.05) is 6.61 Å². The fourth-order valence-electron chi connectivity index (χ4n) is 2.23. The van der Waals surface area contributed by atoms with Crippen molar-refractivity contribution >= 4 is 0 Å². The molecule has 0 saturated carbocycles. The van der Waals surface area contributed by atoms with Gasteiger partial charge in [-0.05, 0) is 34.6 Å². The summed E-state index contributed by atoms with van der Waals surface area (Å²) in [4.78, 5) is 0. The highest BCUT2D eigenvalue weighted by molar-refractivity contribution is 5.34. The lowest BCUT2D eigenvalue weighted by Crippen LogP contribution is -2.10. The highest BCUT2D eigenvalue weighted by Crippen LogP contribution is 2.23. The molecule has 0 radical (unpaired) electrons. The van der Waals surface area contributed by atoms with Gasteiger partial charge in [-0.3, -0.25) is 0 Å². The summed E-state index contributed by atoms with van der Waals surface area (Å²) < 4.78 is 5.89. The normalized spacial score (nSPS) is 11.4.